The molecule has 1 aliphatic rings. The Kier molecular flexibility index (Phi) is 7.86. The summed E-state index contributed by atoms with van der Waals surface area (Å²) in [6.07, 6.45) is 0.612. The monoisotopic (exact) mass is 394 g/mol. The number of carbonyl (C=O) groups excluding carboxylic acids is 1. The second kappa shape index (κ2) is 8.98. The van der Waals surface area contributed by atoms with Crippen molar-refractivity contribution in [1.29, 1.82) is 0 Å². The van der Waals surface area contributed by atoms with Crippen LogP contribution in [0.15, 0.2) is 9.42 Å². The summed E-state index contributed by atoms with van der Waals surface area (Å²) >= 11 is 0. The Hall–Kier alpha value is -1.16. The Bertz CT molecular complexity index is 672. The van der Waals surface area contributed by atoms with E-state index >= 15 is 0 Å². The number of aryl methyl sites for hydroxylation is 2. The molecule has 0 saturated carbocycles. The summed E-state index contributed by atoms with van der Waals surface area (Å²) in [5.41, 5.74) is 0.368. The largest absolute Gasteiger partial charge is 0.360 e. The van der Waals surface area contributed by atoms with Crippen LogP contribution in [0.3, 0.4) is 0 Å². The van der Waals surface area contributed by atoms with Crippen LogP contribution in [0.25, 0.3) is 0 Å². The lowest BCUT2D eigenvalue weighted by atomic mass is 10.1. The minimum atomic E-state index is -3.66. The first-order valence-electron chi connectivity index (χ1n) is 8.15. The molecule has 1 N–H and O–H groups in total. The van der Waals surface area contributed by atoms with Gasteiger partial charge in [-0.3, -0.25) is 4.79 Å². The molecule has 1 unspecified atom stereocenters. The van der Waals surface area contributed by atoms with Crippen LogP contribution < -0.4 is 5.32 Å². The zero-order chi connectivity index (χ0) is 17.9. The third-order valence-corrected chi connectivity index (χ3v) is 6.41. The number of sulfonamides is 1. The lowest BCUT2D eigenvalue weighted by molar-refractivity contribution is -0.134. The van der Waals surface area contributed by atoms with Crippen molar-refractivity contribution < 1.29 is 17.7 Å². The van der Waals surface area contributed by atoms with E-state index < -0.39 is 10.0 Å². The summed E-state index contributed by atoms with van der Waals surface area (Å²) in [5, 5.41) is 6.73. The summed E-state index contributed by atoms with van der Waals surface area (Å²) < 4.78 is 32.2. The van der Waals surface area contributed by atoms with Gasteiger partial charge < -0.3 is 14.7 Å². The van der Waals surface area contributed by atoms with Crippen LogP contribution >= 0.6 is 12.4 Å². The van der Waals surface area contributed by atoms with Crippen LogP contribution in [0, 0.1) is 19.8 Å². The minimum Gasteiger partial charge on any atom is -0.360 e. The first kappa shape index (κ1) is 21.9. The van der Waals surface area contributed by atoms with E-state index in [2.05, 4.69) is 10.5 Å². The molecule has 1 amide bonds. The molecule has 0 bridgehead atoms. The maximum absolute atomic E-state index is 12.9. The van der Waals surface area contributed by atoms with Gasteiger partial charge >= 0.3 is 0 Å². The first-order valence-corrected chi connectivity index (χ1v) is 9.59. The van der Waals surface area contributed by atoms with Crippen LogP contribution in [0.2, 0.25) is 0 Å². The Balaban J connectivity index is 0.00000312. The molecule has 144 valence electrons. The van der Waals surface area contributed by atoms with Gasteiger partial charge in [0.1, 0.15) is 10.6 Å². The highest BCUT2D eigenvalue weighted by Gasteiger charge is 2.33. The molecule has 1 aromatic rings. The number of hydrogen-bond acceptors (Lipinski definition) is 6. The summed E-state index contributed by atoms with van der Waals surface area (Å²) in [5.74, 6) is 0.231. The second-order valence-electron chi connectivity index (χ2n) is 6.19. The van der Waals surface area contributed by atoms with E-state index in [0.717, 1.165) is 0 Å². The molecule has 0 radical (unpaired) electrons. The van der Waals surface area contributed by atoms with Gasteiger partial charge in [-0.2, -0.15) is 4.31 Å². The van der Waals surface area contributed by atoms with E-state index in [1.807, 2.05) is 14.0 Å². The van der Waals surface area contributed by atoms with Crippen LogP contribution in [0.5, 0.6) is 0 Å². The van der Waals surface area contributed by atoms with Crippen molar-refractivity contribution in [2.45, 2.75) is 32.1 Å². The highest BCUT2D eigenvalue weighted by molar-refractivity contribution is 7.89. The smallest absolute Gasteiger partial charge is 0.248 e. The van der Waals surface area contributed by atoms with Gasteiger partial charge in [-0.15, -0.1) is 12.4 Å². The zero-order valence-electron chi connectivity index (χ0n) is 15.1. The van der Waals surface area contributed by atoms with Crippen molar-refractivity contribution >= 4 is 28.3 Å². The fourth-order valence-electron chi connectivity index (χ4n) is 3.03. The molecule has 1 saturated heterocycles. The SMILES string of the molecule is CNCC(C)C(=O)N1CCCN(S(=O)(=O)c2c(C)noc2C)CC1.Cl. The van der Waals surface area contributed by atoms with Gasteiger partial charge in [-0.25, -0.2) is 8.42 Å². The van der Waals surface area contributed by atoms with Crippen molar-refractivity contribution in [3.63, 3.8) is 0 Å². The molecule has 1 aliphatic heterocycles. The fraction of sp³-hybridized carbons (Fsp3) is 0.733. The van der Waals surface area contributed by atoms with E-state index in [1.165, 1.54) is 4.31 Å². The van der Waals surface area contributed by atoms with Crippen LogP contribution in [-0.4, -0.2) is 68.5 Å². The molecule has 1 fully saturated rings. The highest BCUT2D eigenvalue weighted by Crippen LogP contribution is 2.24. The number of nitrogens with one attached hydrogen (secondary N) is 1. The van der Waals surface area contributed by atoms with Crippen molar-refractivity contribution in [2.75, 3.05) is 39.8 Å². The number of rotatable bonds is 5. The molecule has 10 heteroatoms. The van der Waals surface area contributed by atoms with Gasteiger partial charge in [0.15, 0.2) is 5.76 Å². The molecule has 0 aromatic carbocycles. The van der Waals surface area contributed by atoms with Crippen molar-refractivity contribution in [3.8, 4) is 0 Å². The molecule has 0 spiro atoms. The molecular weight excluding hydrogens is 368 g/mol. The predicted molar refractivity (Wildman–Crippen MR) is 96.3 cm³/mol. The average Bonchev–Trinajstić information content (AvgIpc) is 2.75. The summed E-state index contributed by atoms with van der Waals surface area (Å²) in [4.78, 5) is 14.3. The quantitative estimate of drug-likeness (QED) is 0.793. The molecule has 25 heavy (non-hydrogen) atoms. The lowest BCUT2D eigenvalue weighted by Gasteiger charge is -2.24. The van der Waals surface area contributed by atoms with Gasteiger partial charge in [0.05, 0.1) is 0 Å². The van der Waals surface area contributed by atoms with Gasteiger partial charge in [0.25, 0.3) is 0 Å². The Morgan fingerprint density at radius 3 is 2.52 bits per heavy atom. The van der Waals surface area contributed by atoms with E-state index in [9.17, 15) is 13.2 Å². The lowest BCUT2D eigenvalue weighted by Crippen LogP contribution is -2.41. The maximum atomic E-state index is 12.9. The Morgan fingerprint density at radius 1 is 1.28 bits per heavy atom. The van der Waals surface area contributed by atoms with Crippen LogP contribution in [-0.2, 0) is 14.8 Å². The summed E-state index contributed by atoms with van der Waals surface area (Å²) in [6.45, 7) is 7.34. The maximum Gasteiger partial charge on any atom is 0.248 e. The van der Waals surface area contributed by atoms with E-state index in [0.29, 0.717) is 44.1 Å². The third-order valence-electron chi connectivity index (χ3n) is 4.26. The molecule has 2 heterocycles. The van der Waals surface area contributed by atoms with E-state index in [-0.39, 0.29) is 35.7 Å². The van der Waals surface area contributed by atoms with E-state index in [4.69, 9.17) is 4.52 Å². The number of hydrogen-bond donors (Lipinski definition) is 1. The van der Waals surface area contributed by atoms with Gasteiger partial charge in [0, 0.05) is 38.6 Å². The van der Waals surface area contributed by atoms with Crippen LogP contribution in [0.4, 0.5) is 0 Å². The van der Waals surface area contributed by atoms with Gasteiger partial charge in [0.2, 0.25) is 15.9 Å². The van der Waals surface area contributed by atoms with Crippen molar-refractivity contribution in [3.05, 3.63) is 11.5 Å². The number of aromatic nitrogens is 1. The third kappa shape index (κ3) is 4.72. The standard InChI is InChI=1S/C15H26N4O4S.ClH/c1-11(10-16-4)15(20)18-6-5-7-19(9-8-18)24(21,22)14-12(2)17-23-13(14)3;/h11,16H,5-10H2,1-4H3;1H. The molecule has 1 atom stereocenters. The van der Waals surface area contributed by atoms with Crippen LogP contribution in [0.1, 0.15) is 24.8 Å². The number of amides is 1. The summed E-state index contributed by atoms with van der Waals surface area (Å²) in [7, 11) is -1.85. The Morgan fingerprint density at radius 2 is 1.96 bits per heavy atom. The normalized spacial score (nSPS) is 17.7. The Labute approximate surface area is 155 Å². The van der Waals surface area contributed by atoms with Gasteiger partial charge in [-0.05, 0) is 27.3 Å². The number of nitrogens with zero attached hydrogens (tertiary/aromatic N) is 3. The molecule has 0 aliphatic carbocycles. The van der Waals surface area contributed by atoms with Gasteiger partial charge in [-0.1, -0.05) is 12.1 Å². The minimum absolute atomic E-state index is 0. The zero-order valence-corrected chi connectivity index (χ0v) is 16.7. The topological polar surface area (TPSA) is 95.8 Å². The first-order chi connectivity index (χ1) is 11.3. The molecule has 1 aromatic heterocycles. The predicted octanol–water partition coefficient (Wildman–Crippen LogP) is 0.792. The van der Waals surface area contributed by atoms with Crippen molar-refractivity contribution in [1.82, 2.24) is 19.7 Å². The molecule has 2 rings (SSSR count). The molecule has 8 nitrogen and oxygen atoms in total. The van der Waals surface area contributed by atoms with E-state index in [1.54, 1.807) is 18.7 Å². The second-order valence-corrected chi connectivity index (χ2v) is 8.07. The fourth-order valence-corrected chi connectivity index (χ4v) is 4.79. The summed E-state index contributed by atoms with van der Waals surface area (Å²) in [6, 6.07) is 0. The average molecular weight is 395 g/mol. The highest BCUT2D eigenvalue weighted by atomic mass is 35.5. The number of carbonyl (C=O) groups is 1. The number of halogens is 1. The van der Waals surface area contributed by atoms with Crippen molar-refractivity contribution in [2.24, 2.45) is 5.92 Å². The molecular formula is C15H27ClN4O4S.